The average Bonchev–Trinajstić information content (AvgIpc) is 2.73. The number of amides is 2. The second-order valence-corrected chi connectivity index (χ2v) is 5.97. The average molecular weight is 372 g/mol. The van der Waals surface area contributed by atoms with Gasteiger partial charge in [-0.1, -0.05) is 30.3 Å². The zero-order valence-electron chi connectivity index (χ0n) is 15.4. The molecule has 28 heavy (non-hydrogen) atoms. The predicted molar refractivity (Wildman–Crippen MR) is 110 cm³/mol. The lowest BCUT2D eigenvalue weighted by Gasteiger charge is -2.06. The summed E-state index contributed by atoms with van der Waals surface area (Å²) in [7, 11) is 1.57. The van der Waals surface area contributed by atoms with Crippen molar-refractivity contribution >= 4 is 23.6 Å². The molecule has 0 bridgehead atoms. The van der Waals surface area contributed by atoms with Gasteiger partial charge in [0.2, 0.25) is 5.91 Å². The van der Waals surface area contributed by atoms with Crippen LogP contribution in [0.15, 0.2) is 84.9 Å². The Morgan fingerprint density at radius 2 is 1.57 bits per heavy atom. The molecule has 5 heteroatoms. The van der Waals surface area contributed by atoms with E-state index in [-0.39, 0.29) is 11.8 Å². The summed E-state index contributed by atoms with van der Waals surface area (Å²) in [6.07, 6.45) is 3.17. The molecule has 0 saturated carbocycles. The number of hydrogen-bond acceptors (Lipinski definition) is 3. The van der Waals surface area contributed by atoms with Gasteiger partial charge in [0.05, 0.1) is 0 Å². The van der Waals surface area contributed by atoms with Crippen molar-refractivity contribution in [2.24, 2.45) is 0 Å². The molecule has 0 radical (unpaired) electrons. The molecule has 0 atom stereocenters. The maximum atomic E-state index is 12.1. The van der Waals surface area contributed by atoms with Gasteiger partial charge in [0.15, 0.2) is 0 Å². The fraction of sp³-hybridized carbons (Fsp3) is 0.0435. The predicted octanol–water partition coefficient (Wildman–Crippen LogP) is 4.49. The summed E-state index contributed by atoms with van der Waals surface area (Å²) in [6.45, 7) is 0. The number of rotatable bonds is 6. The third-order valence-electron chi connectivity index (χ3n) is 3.91. The molecule has 0 aromatic heterocycles. The number of ether oxygens (including phenoxy) is 1. The van der Waals surface area contributed by atoms with Crippen LogP contribution in [0.25, 0.3) is 6.08 Å². The molecule has 3 aromatic carbocycles. The molecule has 0 fully saturated rings. The van der Waals surface area contributed by atoms with Crippen molar-refractivity contribution in [2.75, 3.05) is 12.4 Å². The highest BCUT2D eigenvalue weighted by molar-refractivity contribution is 6.02. The van der Waals surface area contributed by atoms with E-state index < -0.39 is 0 Å². The van der Waals surface area contributed by atoms with Gasteiger partial charge in [-0.2, -0.15) is 0 Å². The molecule has 0 saturated heterocycles. The highest BCUT2D eigenvalue weighted by Crippen LogP contribution is 2.22. The molecule has 3 rings (SSSR count). The zero-order valence-corrected chi connectivity index (χ0v) is 15.4. The maximum Gasteiger partial charge on any atom is 0.251 e. The quantitative estimate of drug-likeness (QED) is 0.627. The number of para-hydroxylation sites is 1. The summed E-state index contributed by atoms with van der Waals surface area (Å²) >= 11 is 0. The molecule has 5 nitrogen and oxygen atoms in total. The van der Waals surface area contributed by atoms with Crippen LogP contribution in [0.2, 0.25) is 0 Å². The lowest BCUT2D eigenvalue weighted by molar-refractivity contribution is -0.111. The highest BCUT2D eigenvalue weighted by atomic mass is 16.5. The van der Waals surface area contributed by atoms with Gasteiger partial charge < -0.3 is 15.4 Å². The summed E-state index contributed by atoms with van der Waals surface area (Å²) in [5.41, 5.74) is 1.99. The van der Waals surface area contributed by atoms with Gasteiger partial charge in [-0.25, -0.2) is 0 Å². The van der Waals surface area contributed by atoms with Crippen molar-refractivity contribution in [1.82, 2.24) is 5.32 Å². The van der Waals surface area contributed by atoms with Crippen molar-refractivity contribution < 1.29 is 14.3 Å². The first-order valence-electron chi connectivity index (χ1n) is 8.78. The van der Waals surface area contributed by atoms with Crippen molar-refractivity contribution in [2.45, 2.75) is 0 Å². The minimum absolute atomic E-state index is 0.171. The monoisotopic (exact) mass is 372 g/mol. The Hall–Kier alpha value is -3.86. The Kier molecular flexibility index (Phi) is 6.21. The molecule has 0 aliphatic carbocycles. The van der Waals surface area contributed by atoms with Gasteiger partial charge in [-0.05, 0) is 60.2 Å². The van der Waals surface area contributed by atoms with Crippen molar-refractivity contribution in [3.05, 3.63) is 96.1 Å². The minimum Gasteiger partial charge on any atom is -0.457 e. The molecule has 0 unspecified atom stereocenters. The maximum absolute atomic E-state index is 12.1. The lowest BCUT2D eigenvalue weighted by atomic mass is 10.2. The van der Waals surface area contributed by atoms with Gasteiger partial charge in [0.1, 0.15) is 11.5 Å². The molecule has 2 N–H and O–H groups in total. The molecule has 0 aliphatic heterocycles. The topological polar surface area (TPSA) is 67.4 Å². The Balaban J connectivity index is 1.61. The van der Waals surface area contributed by atoms with Crippen LogP contribution in [0.1, 0.15) is 15.9 Å². The van der Waals surface area contributed by atoms with Gasteiger partial charge in [-0.3, -0.25) is 9.59 Å². The Labute approximate surface area is 163 Å². The van der Waals surface area contributed by atoms with Gasteiger partial charge in [-0.15, -0.1) is 0 Å². The first-order chi connectivity index (χ1) is 13.6. The van der Waals surface area contributed by atoms with Crippen molar-refractivity contribution in [1.29, 1.82) is 0 Å². The number of anilines is 1. The summed E-state index contributed by atoms with van der Waals surface area (Å²) in [4.78, 5) is 23.7. The Morgan fingerprint density at radius 3 is 2.29 bits per heavy atom. The zero-order chi connectivity index (χ0) is 19.8. The lowest BCUT2D eigenvalue weighted by Crippen LogP contribution is -2.17. The van der Waals surface area contributed by atoms with Crippen LogP contribution in [0, 0.1) is 0 Å². The fourth-order valence-corrected chi connectivity index (χ4v) is 2.51. The van der Waals surface area contributed by atoms with E-state index in [0.29, 0.717) is 17.0 Å². The van der Waals surface area contributed by atoms with Crippen LogP contribution in [-0.2, 0) is 4.79 Å². The van der Waals surface area contributed by atoms with E-state index in [1.54, 1.807) is 37.4 Å². The van der Waals surface area contributed by atoms with Crippen molar-refractivity contribution in [3.63, 3.8) is 0 Å². The van der Waals surface area contributed by atoms with E-state index in [1.807, 2.05) is 54.6 Å². The number of nitrogens with one attached hydrogen (secondary N) is 2. The third kappa shape index (κ3) is 5.32. The van der Waals surface area contributed by atoms with Crippen LogP contribution in [0.4, 0.5) is 5.69 Å². The van der Waals surface area contributed by atoms with E-state index in [1.165, 1.54) is 6.08 Å². The minimum atomic E-state index is -0.262. The normalized spacial score (nSPS) is 10.5. The Bertz CT molecular complexity index is 980. The molecule has 3 aromatic rings. The van der Waals surface area contributed by atoms with Gasteiger partial charge in [0, 0.05) is 24.4 Å². The smallest absolute Gasteiger partial charge is 0.251 e. The summed E-state index contributed by atoms with van der Waals surface area (Å²) in [5.74, 6) is 1.01. The van der Waals surface area contributed by atoms with Crippen LogP contribution >= 0.6 is 0 Å². The molecule has 2 amide bonds. The first-order valence-corrected chi connectivity index (χ1v) is 8.78. The highest BCUT2D eigenvalue weighted by Gasteiger charge is 2.03. The first kappa shape index (κ1) is 18.9. The standard InChI is InChI=1S/C23H20N2O3/c1-24-23(27)18-11-13-19(14-12-18)25-22(26)15-10-17-6-5-9-21(16-17)28-20-7-3-2-4-8-20/h2-16H,1H3,(H,24,27)(H,25,26)/b15-10+. The van der Waals surface area contributed by atoms with Crippen LogP contribution in [0.5, 0.6) is 11.5 Å². The summed E-state index contributed by atoms with van der Waals surface area (Å²) < 4.78 is 5.79. The second-order valence-electron chi connectivity index (χ2n) is 5.97. The van der Waals surface area contributed by atoms with Crippen LogP contribution in [-0.4, -0.2) is 18.9 Å². The van der Waals surface area contributed by atoms with E-state index in [9.17, 15) is 9.59 Å². The number of hydrogen-bond donors (Lipinski definition) is 2. The third-order valence-corrected chi connectivity index (χ3v) is 3.91. The van der Waals surface area contributed by atoms with Crippen molar-refractivity contribution in [3.8, 4) is 11.5 Å². The number of carbonyl (C=O) groups is 2. The summed E-state index contributed by atoms with van der Waals surface area (Å²) in [6, 6.07) is 23.7. The number of carbonyl (C=O) groups excluding carboxylic acids is 2. The SMILES string of the molecule is CNC(=O)c1ccc(NC(=O)/C=C/c2cccc(Oc3ccccc3)c2)cc1. The number of benzene rings is 3. The fourth-order valence-electron chi connectivity index (χ4n) is 2.51. The van der Waals surface area contributed by atoms with E-state index >= 15 is 0 Å². The van der Waals surface area contributed by atoms with Crippen LogP contribution < -0.4 is 15.4 Å². The van der Waals surface area contributed by atoms with E-state index in [0.717, 1.165) is 11.3 Å². The molecule has 140 valence electrons. The van der Waals surface area contributed by atoms with E-state index in [2.05, 4.69) is 10.6 Å². The molecule has 0 spiro atoms. The summed E-state index contributed by atoms with van der Waals surface area (Å²) in [5, 5.41) is 5.31. The Morgan fingerprint density at radius 1 is 0.857 bits per heavy atom. The molecule has 0 heterocycles. The molecular weight excluding hydrogens is 352 g/mol. The largest absolute Gasteiger partial charge is 0.457 e. The molecule has 0 aliphatic rings. The van der Waals surface area contributed by atoms with E-state index in [4.69, 9.17) is 4.74 Å². The van der Waals surface area contributed by atoms with Gasteiger partial charge in [0.25, 0.3) is 5.91 Å². The second kappa shape index (κ2) is 9.19. The molecular formula is C23H20N2O3. The van der Waals surface area contributed by atoms with Gasteiger partial charge >= 0.3 is 0 Å². The van der Waals surface area contributed by atoms with Crippen LogP contribution in [0.3, 0.4) is 0 Å².